The first kappa shape index (κ1) is 16.3. The van der Waals surface area contributed by atoms with E-state index in [-0.39, 0.29) is 5.75 Å². The smallest absolute Gasteiger partial charge is 0.161 e. The third-order valence-electron chi connectivity index (χ3n) is 3.20. The zero-order valence-electron chi connectivity index (χ0n) is 11.2. The number of hydrogen-bond donors (Lipinski definition) is 0. The van der Waals surface area contributed by atoms with Crippen molar-refractivity contribution in [1.82, 2.24) is 0 Å². The summed E-state index contributed by atoms with van der Waals surface area (Å²) in [6, 6.07) is 10.3. The van der Waals surface area contributed by atoms with E-state index in [4.69, 9.17) is 23.2 Å². The summed E-state index contributed by atoms with van der Waals surface area (Å²) in [4.78, 5) is 0. The monoisotopic (exact) mass is 346 g/mol. The molecule has 0 bridgehead atoms. The molecule has 2 aromatic rings. The summed E-state index contributed by atoms with van der Waals surface area (Å²) < 4.78 is 38.0. The number of rotatable bonds is 4. The molecule has 0 heterocycles. The van der Waals surface area contributed by atoms with Crippen LogP contribution in [-0.4, -0.2) is 8.42 Å². The minimum Gasteiger partial charge on any atom is -0.228 e. The minimum absolute atomic E-state index is 0.245. The van der Waals surface area contributed by atoms with Crippen molar-refractivity contribution in [2.75, 3.05) is 0 Å². The molecule has 1 atom stereocenters. The quantitative estimate of drug-likeness (QED) is 0.796. The van der Waals surface area contributed by atoms with Crippen LogP contribution in [0.5, 0.6) is 0 Å². The van der Waals surface area contributed by atoms with Crippen LogP contribution < -0.4 is 0 Å². The van der Waals surface area contributed by atoms with Crippen LogP contribution in [-0.2, 0) is 15.6 Å². The molecule has 0 radical (unpaired) electrons. The summed E-state index contributed by atoms with van der Waals surface area (Å²) in [5, 5.41) is -0.0539. The van der Waals surface area contributed by atoms with Gasteiger partial charge in [-0.3, -0.25) is 0 Å². The number of halogens is 3. The Labute approximate surface area is 133 Å². The maximum atomic E-state index is 13.1. The second-order valence-corrected chi connectivity index (χ2v) is 7.91. The molecule has 0 aliphatic rings. The Morgan fingerprint density at radius 1 is 1.14 bits per heavy atom. The highest BCUT2D eigenvalue weighted by molar-refractivity contribution is 7.90. The van der Waals surface area contributed by atoms with Crippen LogP contribution in [0.25, 0.3) is 0 Å². The van der Waals surface area contributed by atoms with Crippen LogP contribution in [0.15, 0.2) is 42.5 Å². The van der Waals surface area contributed by atoms with Crippen LogP contribution >= 0.6 is 23.2 Å². The zero-order chi connectivity index (χ0) is 15.6. The highest BCUT2D eigenvalue weighted by Crippen LogP contribution is 2.32. The van der Waals surface area contributed by atoms with E-state index < -0.39 is 20.9 Å². The van der Waals surface area contributed by atoms with Gasteiger partial charge < -0.3 is 0 Å². The summed E-state index contributed by atoms with van der Waals surface area (Å²) in [7, 11) is -3.51. The second-order valence-electron chi connectivity index (χ2n) is 4.75. The van der Waals surface area contributed by atoms with E-state index in [9.17, 15) is 12.8 Å². The van der Waals surface area contributed by atoms with Crippen LogP contribution in [0.3, 0.4) is 0 Å². The minimum atomic E-state index is -3.51. The Morgan fingerprint density at radius 3 is 2.48 bits per heavy atom. The molecule has 0 aromatic heterocycles. The molecule has 2 aromatic carbocycles. The van der Waals surface area contributed by atoms with Crippen molar-refractivity contribution in [2.24, 2.45) is 0 Å². The van der Waals surface area contributed by atoms with E-state index in [2.05, 4.69) is 0 Å². The highest BCUT2D eigenvalue weighted by Gasteiger charge is 2.25. The molecular formula is C15H13Cl2FO2S. The van der Waals surface area contributed by atoms with Gasteiger partial charge >= 0.3 is 0 Å². The van der Waals surface area contributed by atoms with Crippen molar-refractivity contribution in [3.8, 4) is 0 Å². The normalized spacial score (nSPS) is 13.1. The van der Waals surface area contributed by atoms with Crippen molar-refractivity contribution >= 4 is 33.0 Å². The molecule has 6 heteroatoms. The van der Waals surface area contributed by atoms with Gasteiger partial charge in [0, 0.05) is 10.0 Å². The molecule has 0 amide bonds. The molecule has 0 aliphatic carbocycles. The summed E-state index contributed by atoms with van der Waals surface area (Å²) in [5.74, 6) is -0.704. The maximum Gasteiger partial charge on any atom is 0.161 e. The Hall–Kier alpha value is -1.10. The third-order valence-corrected chi connectivity index (χ3v) is 5.83. The lowest BCUT2D eigenvalue weighted by Crippen LogP contribution is -2.13. The predicted octanol–water partition coefficient (Wildman–Crippen LogP) is 4.81. The molecule has 0 aliphatic heterocycles. The molecule has 1 unspecified atom stereocenters. The lowest BCUT2D eigenvalue weighted by Gasteiger charge is -2.15. The largest absolute Gasteiger partial charge is 0.228 e. The average molecular weight is 347 g/mol. The van der Waals surface area contributed by atoms with Gasteiger partial charge in [0.15, 0.2) is 9.84 Å². The first-order chi connectivity index (χ1) is 9.79. The molecule has 112 valence electrons. The van der Waals surface area contributed by atoms with Crippen LogP contribution in [0.1, 0.15) is 23.3 Å². The van der Waals surface area contributed by atoms with E-state index in [1.165, 1.54) is 24.3 Å². The number of hydrogen-bond acceptors (Lipinski definition) is 2. The number of sulfone groups is 1. The van der Waals surface area contributed by atoms with Crippen molar-refractivity contribution in [2.45, 2.75) is 17.9 Å². The van der Waals surface area contributed by atoms with Gasteiger partial charge in [-0.1, -0.05) is 41.4 Å². The van der Waals surface area contributed by atoms with Crippen molar-refractivity contribution < 1.29 is 12.8 Å². The van der Waals surface area contributed by atoms with Crippen LogP contribution in [0.4, 0.5) is 4.39 Å². The Balaban J connectivity index is 2.30. The van der Waals surface area contributed by atoms with Crippen LogP contribution in [0, 0.1) is 5.82 Å². The molecule has 2 rings (SSSR count). The molecule has 0 saturated carbocycles. The number of benzene rings is 2. The van der Waals surface area contributed by atoms with Gasteiger partial charge in [-0.15, -0.1) is 0 Å². The van der Waals surface area contributed by atoms with E-state index in [1.54, 1.807) is 25.1 Å². The molecule has 21 heavy (non-hydrogen) atoms. The molecule has 0 saturated heterocycles. The van der Waals surface area contributed by atoms with Gasteiger partial charge in [0.05, 0.1) is 11.0 Å². The second kappa shape index (κ2) is 6.34. The van der Waals surface area contributed by atoms with Crippen molar-refractivity contribution in [3.63, 3.8) is 0 Å². The predicted molar refractivity (Wildman–Crippen MR) is 83.9 cm³/mol. The lowest BCUT2D eigenvalue weighted by molar-refractivity contribution is 0.585. The molecule has 0 spiro atoms. The Bertz CT molecular complexity index is 760. The van der Waals surface area contributed by atoms with E-state index in [0.717, 1.165) is 0 Å². The first-order valence-corrected chi connectivity index (χ1v) is 8.67. The average Bonchev–Trinajstić information content (AvgIpc) is 2.37. The third kappa shape index (κ3) is 3.96. The van der Waals surface area contributed by atoms with Crippen molar-refractivity contribution in [3.05, 3.63) is 69.5 Å². The van der Waals surface area contributed by atoms with Gasteiger partial charge in [-0.25, -0.2) is 12.8 Å². The molecule has 0 N–H and O–H groups in total. The Morgan fingerprint density at radius 2 is 1.86 bits per heavy atom. The van der Waals surface area contributed by atoms with Gasteiger partial charge in [-0.2, -0.15) is 0 Å². The maximum absolute atomic E-state index is 13.1. The zero-order valence-corrected chi connectivity index (χ0v) is 13.5. The SMILES string of the molecule is CC(c1ccc(Cl)cc1Cl)S(=O)(=O)Cc1cccc(F)c1. The highest BCUT2D eigenvalue weighted by atomic mass is 35.5. The van der Waals surface area contributed by atoms with Gasteiger partial charge in [0.1, 0.15) is 5.82 Å². The summed E-state index contributed by atoms with van der Waals surface area (Å²) in [6.45, 7) is 1.56. The summed E-state index contributed by atoms with van der Waals surface area (Å²) in [5.41, 5.74) is 0.893. The molecular weight excluding hydrogens is 334 g/mol. The van der Waals surface area contributed by atoms with E-state index >= 15 is 0 Å². The van der Waals surface area contributed by atoms with Crippen molar-refractivity contribution in [1.29, 1.82) is 0 Å². The standard InChI is InChI=1S/C15H13Cl2FO2S/c1-10(14-6-5-12(16)8-15(14)17)21(19,20)9-11-3-2-4-13(18)7-11/h2-8,10H,9H2,1H3. The first-order valence-electron chi connectivity index (χ1n) is 6.20. The summed E-state index contributed by atoms with van der Waals surface area (Å²) in [6.07, 6.45) is 0. The molecule has 2 nitrogen and oxygen atoms in total. The summed E-state index contributed by atoms with van der Waals surface area (Å²) >= 11 is 11.9. The van der Waals surface area contributed by atoms with Gasteiger partial charge in [0.25, 0.3) is 0 Å². The molecule has 0 fully saturated rings. The lowest BCUT2D eigenvalue weighted by atomic mass is 10.2. The van der Waals surface area contributed by atoms with E-state index in [1.807, 2.05) is 0 Å². The fourth-order valence-corrected chi connectivity index (χ4v) is 4.13. The topological polar surface area (TPSA) is 34.1 Å². The fraction of sp³-hybridized carbons (Fsp3) is 0.200. The van der Waals surface area contributed by atoms with E-state index in [0.29, 0.717) is 21.2 Å². The fourth-order valence-electron chi connectivity index (χ4n) is 2.01. The van der Waals surface area contributed by atoms with Gasteiger partial charge in [0.2, 0.25) is 0 Å². The van der Waals surface area contributed by atoms with Gasteiger partial charge in [-0.05, 0) is 42.3 Å². The van der Waals surface area contributed by atoms with Crippen LogP contribution in [0.2, 0.25) is 10.0 Å². The Kier molecular flexibility index (Phi) is 4.91.